The summed E-state index contributed by atoms with van der Waals surface area (Å²) < 4.78 is 53.9. The topological polar surface area (TPSA) is 78.9 Å². The van der Waals surface area contributed by atoms with Gasteiger partial charge in [0.05, 0.1) is 18.8 Å². The van der Waals surface area contributed by atoms with Crippen LogP contribution in [0.5, 0.6) is 5.75 Å². The van der Waals surface area contributed by atoms with Crippen molar-refractivity contribution in [3.05, 3.63) is 35.8 Å². The summed E-state index contributed by atoms with van der Waals surface area (Å²) in [7, 11) is 0. The lowest BCUT2D eigenvalue weighted by atomic mass is 10.2. The molecular weight excluding hydrogens is 324 g/mol. The van der Waals surface area contributed by atoms with E-state index in [2.05, 4.69) is 10.1 Å². The lowest BCUT2D eigenvalue weighted by Gasteiger charge is -2.15. The van der Waals surface area contributed by atoms with Crippen LogP contribution < -0.4 is 10.1 Å². The van der Waals surface area contributed by atoms with Crippen molar-refractivity contribution in [3.63, 3.8) is 0 Å². The normalized spacial score (nSPS) is 15.0. The smallest absolute Gasteiger partial charge is 0.403 e. The lowest BCUT2D eigenvalue weighted by Crippen LogP contribution is -2.34. The predicted octanol–water partition coefficient (Wildman–Crippen LogP) is 1.38. The van der Waals surface area contributed by atoms with E-state index in [1.807, 2.05) is 0 Å². The fraction of sp³-hybridized carbons (Fsp3) is 0.231. The highest BCUT2D eigenvalue weighted by Gasteiger charge is 2.34. The van der Waals surface area contributed by atoms with Crippen molar-refractivity contribution in [1.82, 2.24) is 4.90 Å². The molecule has 0 saturated carbocycles. The van der Waals surface area contributed by atoms with E-state index in [1.165, 1.54) is 0 Å². The summed E-state index contributed by atoms with van der Waals surface area (Å²) in [6, 6.07) is 2.92. The number of aliphatic hydroxyl groups is 1. The Morgan fingerprint density at radius 1 is 1.26 bits per heavy atom. The summed E-state index contributed by atoms with van der Waals surface area (Å²) in [5.74, 6) is -4.00. The minimum atomic E-state index is -5.07. The third kappa shape index (κ3) is 3.77. The number of halogens is 4. The van der Waals surface area contributed by atoms with Gasteiger partial charge in [-0.3, -0.25) is 14.5 Å². The Morgan fingerprint density at radius 2 is 1.96 bits per heavy atom. The van der Waals surface area contributed by atoms with Gasteiger partial charge in [0.1, 0.15) is 5.70 Å². The number of hydrogen-bond acceptors (Lipinski definition) is 5. The van der Waals surface area contributed by atoms with Crippen molar-refractivity contribution < 1.29 is 37.0 Å². The highest BCUT2D eigenvalue weighted by Crippen LogP contribution is 2.30. The van der Waals surface area contributed by atoms with E-state index in [0.29, 0.717) is 4.90 Å². The number of hydrogen-bond donors (Lipinski definition) is 2. The zero-order valence-corrected chi connectivity index (χ0v) is 11.4. The number of carbonyl (C=O) groups is 2. The van der Waals surface area contributed by atoms with Gasteiger partial charge in [0.2, 0.25) is 0 Å². The number of alkyl halides is 3. The molecule has 2 N–H and O–H groups in total. The maximum Gasteiger partial charge on any atom is 0.573 e. The number of ether oxygens (including phenoxy) is 1. The molecule has 0 bridgehead atoms. The Bertz CT molecular complexity index is 672. The molecule has 10 heteroatoms. The Kier molecular flexibility index (Phi) is 4.55. The summed E-state index contributed by atoms with van der Waals surface area (Å²) in [6.07, 6.45) is -4.22. The average molecular weight is 334 g/mol. The molecule has 0 aromatic heterocycles. The highest BCUT2D eigenvalue weighted by atomic mass is 19.4. The molecule has 1 aliphatic heterocycles. The monoisotopic (exact) mass is 334 g/mol. The van der Waals surface area contributed by atoms with Crippen LogP contribution >= 0.6 is 0 Å². The van der Waals surface area contributed by atoms with Crippen LogP contribution in [0.25, 0.3) is 0 Å². The molecule has 0 aliphatic carbocycles. The third-order valence-electron chi connectivity index (χ3n) is 2.79. The number of benzene rings is 1. The van der Waals surface area contributed by atoms with Crippen LogP contribution in [0.15, 0.2) is 30.0 Å². The van der Waals surface area contributed by atoms with Gasteiger partial charge in [0.25, 0.3) is 11.8 Å². The quantitative estimate of drug-likeness (QED) is 0.628. The molecule has 124 valence electrons. The Balaban J connectivity index is 2.21. The van der Waals surface area contributed by atoms with Crippen molar-refractivity contribution in [3.8, 4) is 5.75 Å². The molecule has 23 heavy (non-hydrogen) atoms. The zero-order chi connectivity index (χ0) is 17.2. The molecule has 2 rings (SSSR count). The molecular formula is C13H10F4N2O4. The predicted molar refractivity (Wildman–Crippen MR) is 68.6 cm³/mol. The van der Waals surface area contributed by atoms with Crippen LogP contribution in [0.4, 0.5) is 23.2 Å². The second-order valence-corrected chi connectivity index (χ2v) is 4.37. The van der Waals surface area contributed by atoms with Crippen LogP contribution in [-0.4, -0.2) is 41.3 Å². The molecule has 0 saturated heterocycles. The molecule has 1 aromatic rings. The van der Waals surface area contributed by atoms with Gasteiger partial charge in [-0.2, -0.15) is 0 Å². The first-order valence-corrected chi connectivity index (χ1v) is 6.22. The minimum Gasteiger partial charge on any atom is -0.403 e. The van der Waals surface area contributed by atoms with Gasteiger partial charge < -0.3 is 15.2 Å². The van der Waals surface area contributed by atoms with Gasteiger partial charge in [-0.1, -0.05) is 6.07 Å². The summed E-state index contributed by atoms with van der Waals surface area (Å²) in [5, 5.41) is 11.0. The average Bonchev–Trinajstić information content (AvgIpc) is 2.70. The number of imide groups is 1. The van der Waals surface area contributed by atoms with Crippen molar-refractivity contribution in [2.45, 2.75) is 6.36 Å². The Hall–Kier alpha value is -2.62. The molecule has 2 amide bonds. The number of aliphatic hydroxyl groups excluding tert-OH is 1. The zero-order valence-electron chi connectivity index (χ0n) is 11.4. The second kappa shape index (κ2) is 6.24. The van der Waals surface area contributed by atoms with E-state index in [0.717, 1.165) is 24.3 Å². The van der Waals surface area contributed by atoms with E-state index in [1.54, 1.807) is 0 Å². The minimum absolute atomic E-state index is 0.251. The van der Waals surface area contributed by atoms with E-state index in [9.17, 15) is 27.2 Å². The van der Waals surface area contributed by atoms with Crippen molar-refractivity contribution in [2.75, 3.05) is 18.5 Å². The van der Waals surface area contributed by atoms with Crippen LogP contribution in [0.2, 0.25) is 0 Å². The van der Waals surface area contributed by atoms with Gasteiger partial charge in [-0.15, -0.1) is 13.2 Å². The van der Waals surface area contributed by atoms with Crippen LogP contribution in [0.3, 0.4) is 0 Å². The van der Waals surface area contributed by atoms with Gasteiger partial charge >= 0.3 is 6.36 Å². The van der Waals surface area contributed by atoms with Gasteiger partial charge in [-0.05, 0) is 12.1 Å². The summed E-state index contributed by atoms with van der Waals surface area (Å²) in [4.78, 5) is 24.1. The molecule has 1 heterocycles. The molecule has 1 aliphatic rings. The van der Waals surface area contributed by atoms with E-state index in [-0.39, 0.29) is 12.2 Å². The molecule has 0 radical (unpaired) electrons. The standard InChI is InChI=1S/C13H10F4N2O4/c14-11-7(2-1-3-9(11)23-13(15,16)17)18-8-6-10(21)19(4-5-20)12(8)22/h1-3,6,18,20H,4-5H2. The SMILES string of the molecule is O=C1C=C(Nc2cccc(OC(F)(F)F)c2F)C(=O)N1CCO. The van der Waals surface area contributed by atoms with E-state index in [4.69, 9.17) is 5.11 Å². The first-order chi connectivity index (χ1) is 10.7. The number of rotatable bonds is 5. The summed E-state index contributed by atoms with van der Waals surface area (Å²) >= 11 is 0. The summed E-state index contributed by atoms with van der Waals surface area (Å²) in [6.45, 7) is -0.707. The highest BCUT2D eigenvalue weighted by molar-refractivity contribution is 6.17. The van der Waals surface area contributed by atoms with Gasteiger partial charge in [-0.25, -0.2) is 4.39 Å². The Morgan fingerprint density at radius 3 is 2.57 bits per heavy atom. The fourth-order valence-corrected chi connectivity index (χ4v) is 1.87. The Labute approximate surface area is 126 Å². The summed E-state index contributed by atoms with van der Waals surface area (Å²) in [5.41, 5.74) is -0.795. The number of amides is 2. The van der Waals surface area contributed by atoms with Crippen molar-refractivity contribution in [2.24, 2.45) is 0 Å². The van der Waals surface area contributed by atoms with Crippen molar-refractivity contribution >= 4 is 17.5 Å². The molecule has 0 atom stereocenters. The number of β-amino-alcohol motifs (C(OH)–C–C–N with tert-alkyl or cyclic N) is 1. The molecule has 6 nitrogen and oxygen atoms in total. The first-order valence-electron chi connectivity index (χ1n) is 6.22. The second-order valence-electron chi connectivity index (χ2n) is 4.37. The maximum absolute atomic E-state index is 14.0. The largest absolute Gasteiger partial charge is 0.573 e. The van der Waals surface area contributed by atoms with Gasteiger partial charge in [0.15, 0.2) is 11.6 Å². The third-order valence-corrected chi connectivity index (χ3v) is 2.79. The van der Waals surface area contributed by atoms with Crippen molar-refractivity contribution in [1.29, 1.82) is 0 Å². The van der Waals surface area contributed by atoms with E-state index < -0.39 is 42.0 Å². The van der Waals surface area contributed by atoms with E-state index >= 15 is 0 Å². The molecule has 0 unspecified atom stereocenters. The van der Waals surface area contributed by atoms with Gasteiger partial charge in [0, 0.05) is 6.08 Å². The number of anilines is 1. The molecule has 1 aromatic carbocycles. The van der Waals surface area contributed by atoms with Crippen LogP contribution in [0, 0.1) is 5.82 Å². The number of carbonyl (C=O) groups excluding carboxylic acids is 2. The molecule has 0 spiro atoms. The molecule has 0 fully saturated rings. The number of nitrogens with one attached hydrogen (secondary N) is 1. The van der Waals surface area contributed by atoms with Crippen LogP contribution in [0.1, 0.15) is 0 Å². The maximum atomic E-state index is 14.0. The van der Waals surface area contributed by atoms with Crippen LogP contribution in [-0.2, 0) is 9.59 Å². The lowest BCUT2D eigenvalue weighted by molar-refractivity contribution is -0.275. The first kappa shape index (κ1) is 16.7. The fourth-order valence-electron chi connectivity index (χ4n) is 1.87. The number of nitrogens with zero attached hydrogens (tertiary/aromatic N) is 1.